The number of aromatic amines is 1. The van der Waals surface area contributed by atoms with Crippen LogP contribution in [0.15, 0.2) is 24.5 Å². The molecule has 0 saturated carbocycles. The molecular formula is C21H24F2N6. The fraction of sp³-hybridized carbons (Fsp3) is 0.429. The van der Waals surface area contributed by atoms with Crippen LogP contribution in [0.25, 0.3) is 11.1 Å². The van der Waals surface area contributed by atoms with Crippen molar-refractivity contribution < 1.29 is 8.78 Å². The van der Waals surface area contributed by atoms with Gasteiger partial charge in [0, 0.05) is 67.4 Å². The van der Waals surface area contributed by atoms with Crippen LogP contribution in [-0.4, -0.2) is 45.0 Å². The summed E-state index contributed by atoms with van der Waals surface area (Å²) in [7, 11) is 3.89. The largest absolute Gasteiger partial charge is 0.324 e. The standard InChI is InChI=1S/C21H24F2N6/c1-27-7-5-18-17(12-27)21(26-25-18)29-6-3-4-13-8-15(14-10-24-28(2)11-14)16(20(22)23)9-19(13)29/h8-11,20H,3-7,12H2,1-2H3,(H,25,26). The first kappa shape index (κ1) is 18.3. The lowest BCUT2D eigenvalue weighted by Gasteiger charge is -2.33. The highest BCUT2D eigenvalue weighted by Gasteiger charge is 2.29. The van der Waals surface area contributed by atoms with E-state index in [4.69, 9.17) is 0 Å². The van der Waals surface area contributed by atoms with Gasteiger partial charge in [-0.1, -0.05) is 0 Å². The second-order valence-electron chi connectivity index (χ2n) is 8.02. The SMILES string of the molecule is CN1CCc2[nH]nc(N3CCCc4cc(-c5cnn(C)c5)c(C(F)F)cc43)c2C1. The smallest absolute Gasteiger partial charge is 0.264 e. The molecule has 0 spiro atoms. The van der Waals surface area contributed by atoms with Crippen molar-refractivity contribution in [3.05, 3.63) is 46.9 Å². The number of alkyl halides is 2. The van der Waals surface area contributed by atoms with Crippen LogP contribution in [0.5, 0.6) is 0 Å². The Bertz CT molecular complexity index is 1050. The number of nitrogens with zero attached hydrogens (tertiary/aromatic N) is 5. The summed E-state index contributed by atoms with van der Waals surface area (Å²) < 4.78 is 29.7. The molecule has 0 fully saturated rings. The predicted octanol–water partition coefficient (Wildman–Crippen LogP) is 3.82. The van der Waals surface area contributed by atoms with Crippen LogP contribution in [0.2, 0.25) is 0 Å². The van der Waals surface area contributed by atoms with Gasteiger partial charge in [0.1, 0.15) is 0 Å². The molecule has 1 N–H and O–H groups in total. The van der Waals surface area contributed by atoms with Gasteiger partial charge < -0.3 is 9.80 Å². The fourth-order valence-corrected chi connectivity index (χ4v) is 4.50. The first-order valence-corrected chi connectivity index (χ1v) is 9.97. The summed E-state index contributed by atoms with van der Waals surface area (Å²) in [5, 5.41) is 11.9. The van der Waals surface area contributed by atoms with Gasteiger partial charge in [0.2, 0.25) is 0 Å². The van der Waals surface area contributed by atoms with Gasteiger partial charge in [0.25, 0.3) is 6.43 Å². The topological polar surface area (TPSA) is 53.0 Å². The number of aryl methyl sites for hydroxylation is 2. The van der Waals surface area contributed by atoms with Gasteiger partial charge in [0.15, 0.2) is 5.82 Å². The number of H-pyrrole nitrogens is 1. The Labute approximate surface area is 168 Å². The molecule has 0 atom stereocenters. The molecule has 2 aliphatic heterocycles. The number of hydrogen-bond donors (Lipinski definition) is 1. The average Bonchev–Trinajstić information content (AvgIpc) is 3.32. The van der Waals surface area contributed by atoms with E-state index in [0.717, 1.165) is 67.2 Å². The van der Waals surface area contributed by atoms with Crippen LogP contribution in [0.1, 0.15) is 35.2 Å². The Morgan fingerprint density at radius 3 is 2.76 bits per heavy atom. The Kier molecular flexibility index (Phi) is 4.38. The number of fused-ring (bicyclic) bond motifs is 2. The Morgan fingerprint density at radius 1 is 1.14 bits per heavy atom. The summed E-state index contributed by atoms with van der Waals surface area (Å²) in [5.74, 6) is 0.877. The lowest BCUT2D eigenvalue weighted by molar-refractivity contribution is 0.152. The maximum Gasteiger partial charge on any atom is 0.264 e. The van der Waals surface area contributed by atoms with Crippen LogP contribution in [0.3, 0.4) is 0 Å². The van der Waals surface area contributed by atoms with E-state index in [9.17, 15) is 8.78 Å². The molecule has 2 aliphatic rings. The van der Waals surface area contributed by atoms with Crippen LogP contribution in [0, 0.1) is 0 Å². The monoisotopic (exact) mass is 398 g/mol. The molecule has 152 valence electrons. The third-order valence-corrected chi connectivity index (χ3v) is 5.98. The number of benzene rings is 1. The van der Waals surface area contributed by atoms with Gasteiger partial charge in [-0.05, 0) is 43.1 Å². The number of nitrogens with one attached hydrogen (secondary N) is 1. The first-order chi connectivity index (χ1) is 14.0. The van der Waals surface area contributed by atoms with Crippen molar-refractivity contribution >= 4 is 11.5 Å². The van der Waals surface area contributed by atoms with E-state index in [2.05, 4.69) is 32.1 Å². The normalized spacial score (nSPS) is 16.9. The zero-order valence-corrected chi connectivity index (χ0v) is 16.6. The van der Waals surface area contributed by atoms with Gasteiger partial charge in [-0.15, -0.1) is 0 Å². The molecule has 1 aromatic carbocycles. The molecule has 29 heavy (non-hydrogen) atoms. The average molecular weight is 398 g/mol. The van der Waals surface area contributed by atoms with E-state index in [1.54, 1.807) is 30.2 Å². The van der Waals surface area contributed by atoms with Crippen molar-refractivity contribution in [2.45, 2.75) is 32.2 Å². The minimum absolute atomic E-state index is 0.0465. The van der Waals surface area contributed by atoms with Crippen molar-refractivity contribution in [2.75, 3.05) is 25.0 Å². The molecule has 8 heteroatoms. The minimum atomic E-state index is -2.56. The lowest BCUT2D eigenvalue weighted by Crippen LogP contribution is -2.30. The highest BCUT2D eigenvalue weighted by molar-refractivity contribution is 5.76. The van der Waals surface area contributed by atoms with Gasteiger partial charge in [-0.3, -0.25) is 9.78 Å². The molecule has 0 aliphatic carbocycles. The lowest BCUT2D eigenvalue weighted by atomic mass is 9.93. The fourth-order valence-electron chi connectivity index (χ4n) is 4.50. The van der Waals surface area contributed by atoms with E-state index in [-0.39, 0.29) is 5.56 Å². The van der Waals surface area contributed by atoms with E-state index >= 15 is 0 Å². The Balaban J connectivity index is 1.62. The number of rotatable bonds is 3. The van der Waals surface area contributed by atoms with Gasteiger partial charge in [0.05, 0.1) is 6.20 Å². The minimum Gasteiger partial charge on any atom is -0.324 e. The molecule has 0 saturated heterocycles. The van der Waals surface area contributed by atoms with Gasteiger partial charge in [-0.25, -0.2) is 8.78 Å². The number of halogens is 2. The van der Waals surface area contributed by atoms with E-state index in [1.165, 1.54) is 5.56 Å². The number of anilines is 2. The zero-order valence-electron chi connectivity index (χ0n) is 16.6. The van der Waals surface area contributed by atoms with E-state index < -0.39 is 6.43 Å². The van der Waals surface area contributed by atoms with Crippen LogP contribution in [0.4, 0.5) is 20.3 Å². The third kappa shape index (κ3) is 3.11. The first-order valence-electron chi connectivity index (χ1n) is 9.97. The maximum atomic E-state index is 14.0. The molecule has 0 radical (unpaired) electrons. The molecule has 6 nitrogen and oxygen atoms in total. The summed E-state index contributed by atoms with van der Waals surface area (Å²) in [6.07, 6.45) is 3.64. The summed E-state index contributed by atoms with van der Waals surface area (Å²) in [4.78, 5) is 4.38. The van der Waals surface area contributed by atoms with Crippen LogP contribution < -0.4 is 4.90 Å². The van der Waals surface area contributed by atoms with Gasteiger partial charge >= 0.3 is 0 Å². The molecule has 5 rings (SSSR count). The summed E-state index contributed by atoms with van der Waals surface area (Å²) >= 11 is 0. The second kappa shape index (κ2) is 6.95. The van der Waals surface area contributed by atoms with Crippen molar-refractivity contribution in [1.82, 2.24) is 24.9 Å². The predicted molar refractivity (Wildman–Crippen MR) is 108 cm³/mol. The molecule has 2 aromatic heterocycles. The van der Waals surface area contributed by atoms with Gasteiger partial charge in [-0.2, -0.15) is 10.2 Å². The van der Waals surface area contributed by atoms with Crippen molar-refractivity contribution in [3.63, 3.8) is 0 Å². The number of aromatic nitrogens is 4. The highest BCUT2D eigenvalue weighted by atomic mass is 19.3. The summed E-state index contributed by atoms with van der Waals surface area (Å²) in [6, 6.07) is 3.58. The summed E-state index contributed by atoms with van der Waals surface area (Å²) in [5.41, 5.74) is 5.61. The molecule has 4 heterocycles. The Morgan fingerprint density at radius 2 is 2.00 bits per heavy atom. The molecule has 0 unspecified atom stereocenters. The van der Waals surface area contributed by atoms with Crippen molar-refractivity contribution in [3.8, 4) is 11.1 Å². The van der Waals surface area contributed by atoms with Crippen LogP contribution in [-0.2, 0) is 26.4 Å². The zero-order chi connectivity index (χ0) is 20.1. The second-order valence-corrected chi connectivity index (χ2v) is 8.02. The molecular weight excluding hydrogens is 374 g/mol. The van der Waals surface area contributed by atoms with E-state index in [1.807, 2.05) is 6.07 Å². The van der Waals surface area contributed by atoms with Crippen LogP contribution >= 0.6 is 0 Å². The van der Waals surface area contributed by atoms with E-state index in [0.29, 0.717) is 5.56 Å². The highest BCUT2D eigenvalue weighted by Crippen LogP contribution is 2.42. The third-order valence-electron chi connectivity index (χ3n) is 5.98. The molecule has 3 aromatic rings. The van der Waals surface area contributed by atoms with Crippen molar-refractivity contribution in [1.29, 1.82) is 0 Å². The molecule has 0 bridgehead atoms. The van der Waals surface area contributed by atoms with Crippen molar-refractivity contribution in [2.24, 2.45) is 7.05 Å². The summed E-state index contributed by atoms with van der Waals surface area (Å²) in [6.45, 7) is 2.60. The number of hydrogen-bond acceptors (Lipinski definition) is 4. The number of likely N-dealkylation sites (N-methyl/N-ethyl adjacent to an activating group) is 1. The Hall–Kier alpha value is -2.74. The maximum absolute atomic E-state index is 14.0. The quantitative estimate of drug-likeness (QED) is 0.729. The molecule has 0 amide bonds.